The normalized spacial score (nSPS) is 13.3. The zero-order valence-corrected chi connectivity index (χ0v) is 17.0. The van der Waals surface area contributed by atoms with Crippen LogP contribution in [0.1, 0.15) is 19.4 Å². The first-order valence-corrected chi connectivity index (χ1v) is 9.74. The van der Waals surface area contributed by atoms with E-state index in [1.54, 1.807) is 54.3 Å². The molecule has 30 heavy (non-hydrogen) atoms. The molecule has 0 saturated heterocycles. The van der Waals surface area contributed by atoms with Crippen molar-refractivity contribution in [3.8, 4) is 17.6 Å². The Hall–Kier alpha value is -3.57. The Bertz CT molecular complexity index is 953. The third-order valence-electron chi connectivity index (χ3n) is 4.79. The smallest absolute Gasteiger partial charge is 0.241 e. The van der Waals surface area contributed by atoms with Crippen molar-refractivity contribution in [2.24, 2.45) is 0 Å². The van der Waals surface area contributed by atoms with E-state index in [-0.39, 0.29) is 18.4 Å². The number of nitrogens with one attached hydrogen (secondary N) is 2. The summed E-state index contributed by atoms with van der Waals surface area (Å²) in [6, 6.07) is 13.4. The zero-order valence-electron chi connectivity index (χ0n) is 17.0. The van der Waals surface area contributed by atoms with Crippen LogP contribution in [-0.2, 0) is 9.59 Å². The Morgan fingerprint density at radius 1 is 1.07 bits per heavy atom. The molecular weight excluding hydrogens is 384 g/mol. The first kappa shape index (κ1) is 21.1. The highest BCUT2D eigenvalue weighted by molar-refractivity contribution is 5.96. The van der Waals surface area contributed by atoms with Gasteiger partial charge in [-0.3, -0.25) is 14.5 Å². The fourth-order valence-corrected chi connectivity index (χ4v) is 3.07. The fourth-order valence-electron chi connectivity index (χ4n) is 3.07. The van der Waals surface area contributed by atoms with E-state index >= 15 is 0 Å². The molecule has 0 fully saturated rings. The molecule has 3 rings (SSSR count). The average Bonchev–Trinajstić information content (AvgIpc) is 2.77. The second-order valence-electron chi connectivity index (χ2n) is 6.82. The van der Waals surface area contributed by atoms with E-state index in [1.807, 2.05) is 13.0 Å². The van der Waals surface area contributed by atoms with Crippen LogP contribution in [0.25, 0.3) is 0 Å². The number of likely N-dealkylation sites (N-methyl/N-ethyl adjacent to an activating group) is 1. The van der Waals surface area contributed by atoms with Gasteiger partial charge in [0.1, 0.15) is 13.2 Å². The molecule has 1 aliphatic rings. The van der Waals surface area contributed by atoms with Crippen molar-refractivity contribution in [2.75, 3.05) is 36.9 Å². The molecule has 0 radical (unpaired) electrons. The molecule has 2 N–H and O–H groups in total. The third kappa shape index (κ3) is 5.27. The van der Waals surface area contributed by atoms with Crippen molar-refractivity contribution >= 4 is 23.2 Å². The average molecular weight is 408 g/mol. The molecule has 1 heterocycles. The molecule has 8 nitrogen and oxygen atoms in total. The predicted octanol–water partition coefficient (Wildman–Crippen LogP) is 2.62. The van der Waals surface area contributed by atoms with Crippen molar-refractivity contribution in [1.29, 1.82) is 5.26 Å². The molecule has 1 unspecified atom stereocenters. The van der Waals surface area contributed by atoms with Gasteiger partial charge in [0.2, 0.25) is 11.8 Å². The monoisotopic (exact) mass is 408 g/mol. The maximum Gasteiger partial charge on any atom is 0.241 e. The standard InChI is InChI=1S/C22H24N4O4/c1-3-26(15(2)22(28)25-17-6-4-16(13-23)5-7-17)14-21(27)24-18-8-9-19-20(12-18)30-11-10-29-19/h4-9,12,15H,3,10-11,14H2,1-2H3,(H,24,27)(H,25,28). The minimum atomic E-state index is -0.517. The third-order valence-corrected chi connectivity index (χ3v) is 4.79. The molecule has 8 heteroatoms. The minimum Gasteiger partial charge on any atom is -0.486 e. The molecular formula is C22H24N4O4. The maximum atomic E-state index is 12.6. The van der Waals surface area contributed by atoms with Gasteiger partial charge < -0.3 is 20.1 Å². The van der Waals surface area contributed by atoms with Crippen LogP contribution >= 0.6 is 0 Å². The summed E-state index contributed by atoms with van der Waals surface area (Å²) in [5.41, 5.74) is 1.73. The Morgan fingerprint density at radius 2 is 1.73 bits per heavy atom. The van der Waals surface area contributed by atoms with Crippen LogP contribution in [0.15, 0.2) is 42.5 Å². The van der Waals surface area contributed by atoms with Crippen LogP contribution < -0.4 is 20.1 Å². The SMILES string of the molecule is CCN(CC(=O)Nc1ccc2c(c1)OCCO2)C(C)C(=O)Nc1ccc(C#N)cc1. The van der Waals surface area contributed by atoms with Gasteiger partial charge in [-0.25, -0.2) is 0 Å². The molecule has 2 amide bonds. The Kier molecular flexibility index (Phi) is 6.88. The molecule has 1 aliphatic heterocycles. The highest BCUT2D eigenvalue weighted by Crippen LogP contribution is 2.32. The molecule has 0 saturated carbocycles. The second-order valence-corrected chi connectivity index (χ2v) is 6.82. The number of rotatable bonds is 7. The van der Waals surface area contributed by atoms with E-state index < -0.39 is 6.04 Å². The van der Waals surface area contributed by atoms with E-state index in [1.165, 1.54) is 0 Å². The number of benzene rings is 2. The summed E-state index contributed by atoms with van der Waals surface area (Å²) in [5.74, 6) is 0.796. The number of fused-ring (bicyclic) bond motifs is 1. The number of hydrogen-bond donors (Lipinski definition) is 2. The molecule has 0 aliphatic carbocycles. The highest BCUT2D eigenvalue weighted by atomic mass is 16.6. The number of ether oxygens (including phenoxy) is 2. The summed E-state index contributed by atoms with van der Waals surface area (Å²) < 4.78 is 11.0. The number of carbonyl (C=O) groups is 2. The van der Waals surface area contributed by atoms with Crippen molar-refractivity contribution in [3.05, 3.63) is 48.0 Å². The lowest BCUT2D eigenvalue weighted by Gasteiger charge is -2.26. The summed E-state index contributed by atoms with van der Waals surface area (Å²) in [7, 11) is 0. The number of hydrogen-bond acceptors (Lipinski definition) is 6. The zero-order chi connectivity index (χ0) is 21.5. The number of amides is 2. The lowest BCUT2D eigenvalue weighted by molar-refractivity contribution is -0.123. The molecule has 0 aromatic heterocycles. The van der Waals surface area contributed by atoms with Crippen LogP contribution in [0.4, 0.5) is 11.4 Å². The predicted molar refractivity (Wildman–Crippen MR) is 113 cm³/mol. The quantitative estimate of drug-likeness (QED) is 0.730. The van der Waals surface area contributed by atoms with Crippen LogP contribution in [0.2, 0.25) is 0 Å². The van der Waals surface area contributed by atoms with Crippen molar-refractivity contribution in [3.63, 3.8) is 0 Å². The van der Waals surface area contributed by atoms with Crippen LogP contribution in [0.5, 0.6) is 11.5 Å². The Balaban J connectivity index is 1.57. The Labute approximate surface area is 175 Å². The first-order valence-electron chi connectivity index (χ1n) is 9.74. The summed E-state index contributed by atoms with van der Waals surface area (Å²) in [4.78, 5) is 26.9. The number of anilines is 2. The van der Waals surface area contributed by atoms with Gasteiger partial charge in [0.05, 0.1) is 24.2 Å². The van der Waals surface area contributed by atoms with E-state index in [0.29, 0.717) is 48.2 Å². The van der Waals surface area contributed by atoms with Gasteiger partial charge in [-0.05, 0) is 49.9 Å². The minimum absolute atomic E-state index is 0.0624. The summed E-state index contributed by atoms with van der Waals surface area (Å²) in [6.45, 7) is 5.21. The van der Waals surface area contributed by atoms with Crippen molar-refractivity contribution < 1.29 is 19.1 Å². The van der Waals surface area contributed by atoms with Gasteiger partial charge in [-0.2, -0.15) is 5.26 Å². The number of carbonyl (C=O) groups excluding carboxylic acids is 2. The summed E-state index contributed by atoms with van der Waals surface area (Å²) in [5, 5.41) is 14.5. The van der Waals surface area contributed by atoms with Gasteiger partial charge in [0.25, 0.3) is 0 Å². The maximum absolute atomic E-state index is 12.6. The fraction of sp³-hybridized carbons (Fsp3) is 0.318. The van der Waals surface area contributed by atoms with Crippen LogP contribution in [-0.4, -0.2) is 49.1 Å². The van der Waals surface area contributed by atoms with Gasteiger partial charge >= 0.3 is 0 Å². The van der Waals surface area contributed by atoms with Crippen molar-refractivity contribution in [2.45, 2.75) is 19.9 Å². The summed E-state index contributed by atoms with van der Waals surface area (Å²) in [6.07, 6.45) is 0. The van der Waals surface area contributed by atoms with Gasteiger partial charge in [-0.1, -0.05) is 6.92 Å². The van der Waals surface area contributed by atoms with Gasteiger partial charge in [0, 0.05) is 17.4 Å². The molecule has 1 atom stereocenters. The topological polar surface area (TPSA) is 104 Å². The van der Waals surface area contributed by atoms with Crippen LogP contribution in [0.3, 0.4) is 0 Å². The second kappa shape index (κ2) is 9.76. The number of nitrogens with zero attached hydrogens (tertiary/aromatic N) is 2. The highest BCUT2D eigenvalue weighted by Gasteiger charge is 2.22. The van der Waals surface area contributed by atoms with Crippen LogP contribution in [0, 0.1) is 11.3 Å². The lowest BCUT2D eigenvalue weighted by Crippen LogP contribution is -2.45. The van der Waals surface area contributed by atoms with Gasteiger partial charge in [-0.15, -0.1) is 0 Å². The number of nitriles is 1. The molecule has 156 valence electrons. The first-order chi connectivity index (χ1) is 14.5. The van der Waals surface area contributed by atoms with Gasteiger partial charge in [0.15, 0.2) is 11.5 Å². The largest absolute Gasteiger partial charge is 0.486 e. The molecule has 2 aromatic carbocycles. The van der Waals surface area contributed by atoms with Crippen molar-refractivity contribution in [1.82, 2.24) is 4.90 Å². The lowest BCUT2D eigenvalue weighted by atomic mass is 10.2. The molecule has 0 spiro atoms. The summed E-state index contributed by atoms with van der Waals surface area (Å²) >= 11 is 0. The Morgan fingerprint density at radius 3 is 2.40 bits per heavy atom. The molecule has 2 aromatic rings. The van der Waals surface area contributed by atoms with E-state index in [0.717, 1.165) is 0 Å². The molecule has 0 bridgehead atoms. The van der Waals surface area contributed by atoms with E-state index in [2.05, 4.69) is 10.6 Å². The van der Waals surface area contributed by atoms with E-state index in [9.17, 15) is 9.59 Å². The van der Waals surface area contributed by atoms with E-state index in [4.69, 9.17) is 14.7 Å².